The lowest BCUT2D eigenvalue weighted by atomic mass is 10.2. The molecule has 0 aliphatic heterocycles. The molecular weight excluding hydrogens is 340 g/mol. The Bertz CT molecular complexity index is 951. The van der Waals surface area contributed by atoms with Crippen molar-refractivity contribution in [2.24, 2.45) is 0 Å². The second-order valence-corrected chi connectivity index (χ2v) is 6.75. The predicted molar refractivity (Wildman–Crippen MR) is 96.8 cm³/mol. The van der Waals surface area contributed by atoms with Crippen LogP contribution in [0.3, 0.4) is 0 Å². The van der Waals surface area contributed by atoms with Gasteiger partial charge in [0.05, 0.1) is 28.1 Å². The maximum absolute atomic E-state index is 5.98. The summed E-state index contributed by atoms with van der Waals surface area (Å²) < 4.78 is 0.769. The molecule has 0 N–H and O–H groups in total. The van der Waals surface area contributed by atoms with Crippen LogP contribution in [0.25, 0.3) is 33.2 Å². The Morgan fingerprint density at radius 2 is 1.42 bits per heavy atom. The average molecular weight is 351 g/mol. The number of hydrogen-bond donors (Lipinski definition) is 0. The standard InChI is InChI=1S/C18H11ClN4S/c19-18-7-6-17(24-18)12-4-5-14(21-9-12)16-11-22-15(10-23-16)13-3-1-2-8-20-13/h1-11H. The van der Waals surface area contributed by atoms with E-state index in [1.54, 1.807) is 18.6 Å². The van der Waals surface area contributed by atoms with E-state index in [-0.39, 0.29) is 0 Å². The molecule has 0 spiro atoms. The summed E-state index contributed by atoms with van der Waals surface area (Å²) in [6.07, 6.45) is 6.99. The molecule has 4 aromatic heterocycles. The Balaban J connectivity index is 1.60. The third-order valence-electron chi connectivity index (χ3n) is 3.46. The molecule has 0 unspecified atom stereocenters. The number of thiophene rings is 1. The topological polar surface area (TPSA) is 51.6 Å². The van der Waals surface area contributed by atoms with E-state index in [1.165, 1.54) is 11.3 Å². The zero-order valence-electron chi connectivity index (χ0n) is 12.4. The zero-order chi connectivity index (χ0) is 16.4. The fraction of sp³-hybridized carbons (Fsp3) is 0. The summed E-state index contributed by atoms with van der Waals surface area (Å²) in [5, 5.41) is 0. The number of pyridine rings is 2. The Morgan fingerprint density at radius 1 is 0.667 bits per heavy atom. The molecule has 6 heteroatoms. The third-order valence-corrected chi connectivity index (χ3v) is 4.74. The van der Waals surface area contributed by atoms with Gasteiger partial charge < -0.3 is 0 Å². The number of aromatic nitrogens is 4. The number of rotatable bonds is 3. The largest absolute Gasteiger partial charge is 0.255 e. The monoisotopic (exact) mass is 350 g/mol. The number of halogens is 1. The van der Waals surface area contributed by atoms with Gasteiger partial charge in [-0.15, -0.1) is 11.3 Å². The lowest BCUT2D eigenvalue weighted by Crippen LogP contribution is -1.92. The van der Waals surface area contributed by atoms with Crippen molar-refractivity contribution >= 4 is 22.9 Å². The fourth-order valence-electron chi connectivity index (χ4n) is 2.27. The van der Waals surface area contributed by atoms with E-state index in [4.69, 9.17) is 11.6 Å². The minimum absolute atomic E-state index is 0.727. The summed E-state index contributed by atoms with van der Waals surface area (Å²) in [7, 11) is 0. The van der Waals surface area contributed by atoms with Crippen LogP contribution in [0.5, 0.6) is 0 Å². The van der Waals surface area contributed by atoms with Gasteiger partial charge in [-0.25, -0.2) is 0 Å². The average Bonchev–Trinajstić information content (AvgIpc) is 3.09. The van der Waals surface area contributed by atoms with Gasteiger partial charge in [-0.1, -0.05) is 17.7 Å². The molecule has 0 bridgehead atoms. The van der Waals surface area contributed by atoms with Crippen molar-refractivity contribution in [2.75, 3.05) is 0 Å². The van der Waals surface area contributed by atoms with E-state index >= 15 is 0 Å². The van der Waals surface area contributed by atoms with E-state index in [0.29, 0.717) is 0 Å². The van der Waals surface area contributed by atoms with Gasteiger partial charge in [-0.3, -0.25) is 19.9 Å². The lowest BCUT2D eigenvalue weighted by Gasteiger charge is -2.03. The summed E-state index contributed by atoms with van der Waals surface area (Å²) in [4.78, 5) is 18.7. The Labute approximate surface area is 147 Å². The molecule has 4 nitrogen and oxygen atoms in total. The molecular formula is C18H11ClN4S. The second kappa shape index (κ2) is 6.47. The lowest BCUT2D eigenvalue weighted by molar-refractivity contribution is 1.16. The highest BCUT2D eigenvalue weighted by Crippen LogP contribution is 2.31. The van der Waals surface area contributed by atoms with Gasteiger partial charge in [0, 0.05) is 22.8 Å². The van der Waals surface area contributed by atoms with Gasteiger partial charge >= 0.3 is 0 Å². The smallest absolute Gasteiger partial charge is 0.107 e. The maximum Gasteiger partial charge on any atom is 0.107 e. The van der Waals surface area contributed by atoms with E-state index in [9.17, 15) is 0 Å². The molecule has 0 saturated heterocycles. The van der Waals surface area contributed by atoms with Gasteiger partial charge in [0.1, 0.15) is 11.4 Å². The van der Waals surface area contributed by atoms with Crippen molar-refractivity contribution in [2.45, 2.75) is 0 Å². The molecule has 0 saturated carbocycles. The first-order chi connectivity index (χ1) is 11.8. The van der Waals surface area contributed by atoms with E-state index in [0.717, 1.165) is 37.6 Å². The van der Waals surface area contributed by atoms with Crippen LogP contribution in [0.2, 0.25) is 4.34 Å². The SMILES string of the molecule is Clc1ccc(-c2ccc(-c3cnc(-c4ccccn4)cn3)nc2)s1. The molecule has 0 aliphatic rings. The van der Waals surface area contributed by atoms with Crippen LogP contribution in [0, 0.1) is 0 Å². The van der Waals surface area contributed by atoms with Crippen LogP contribution in [-0.2, 0) is 0 Å². The molecule has 0 radical (unpaired) electrons. The van der Waals surface area contributed by atoms with Crippen LogP contribution >= 0.6 is 22.9 Å². The fourth-order valence-corrected chi connectivity index (χ4v) is 3.30. The summed E-state index contributed by atoms with van der Waals surface area (Å²) in [5.41, 5.74) is 4.08. The van der Waals surface area contributed by atoms with Gasteiger partial charge in [-0.05, 0) is 36.4 Å². The second-order valence-electron chi connectivity index (χ2n) is 5.04. The summed E-state index contributed by atoms with van der Waals surface area (Å²) in [6, 6.07) is 13.5. The molecule has 4 rings (SSSR count). The molecule has 24 heavy (non-hydrogen) atoms. The van der Waals surface area contributed by atoms with Crippen molar-refractivity contribution in [3.05, 3.63) is 71.6 Å². The normalized spacial score (nSPS) is 10.7. The highest BCUT2D eigenvalue weighted by Gasteiger charge is 2.06. The Morgan fingerprint density at radius 3 is 1.96 bits per heavy atom. The van der Waals surface area contributed by atoms with E-state index < -0.39 is 0 Å². The summed E-state index contributed by atoms with van der Waals surface area (Å²) in [5.74, 6) is 0. The predicted octanol–water partition coefficient (Wildman–Crippen LogP) is 4.98. The van der Waals surface area contributed by atoms with Crippen LogP contribution in [0.4, 0.5) is 0 Å². The van der Waals surface area contributed by atoms with E-state index in [2.05, 4.69) is 19.9 Å². The Kier molecular flexibility index (Phi) is 4.02. The molecule has 0 fully saturated rings. The summed E-state index contributed by atoms with van der Waals surface area (Å²) in [6.45, 7) is 0. The first-order valence-corrected chi connectivity index (χ1v) is 8.44. The van der Waals surface area contributed by atoms with Gasteiger partial charge in [0.25, 0.3) is 0 Å². The van der Waals surface area contributed by atoms with Crippen molar-refractivity contribution in [3.63, 3.8) is 0 Å². The van der Waals surface area contributed by atoms with Crippen molar-refractivity contribution < 1.29 is 0 Å². The van der Waals surface area contributed by atoms with E-state index in [1.807, 2.05) is 48.7 Å². The van der Waals surface area contributed by atoms with Gasteiger partial charge in [-0.2, -0.15) is 0 Å². The first kappa shape index (κ1) is 14.9. The number of hydrogen-bond acceptors (Lipinski definition) is 5. The summed E-state index contributed by atoms with van der Waals surface area (Å²) >= 11 is 7.51. The maximum atomic E-state index is 5.98. The highest BCUT2D eigenvalue weighted by atomic mass is 35.5. The number of nitrogens with zero attached hydrogens (tertiary/aromatic N) is 4. The van der Waals surface area contributed by atoms with Crippen molar-refractivity contribution in [3.8, 4) is 33.2 Å². The minimum Gasteiger partial charge on any atom is -0.255 e. The molecule has 0 aromatic carbocycles. The minimum atomic E-state index is 0.727. The third kappa shape index (κ3) is 3.04. The highest BCUT2D eigenvalue weighted by molar-refractivity contribution is 7.19. The van der Waals surface area contributed by atoms with Crippen molar-refractivity contribution in [1.82, 2.24) is 19.9 Å². The van der Waals surface area contributed by atoms with Gasteiger partial charge in [0.15, 0.2) is 0 Å². The molecule has 116 valence electrons. The molecule has 0 atom stereocenters. The van der Waals surface area contributed by atoms with Crippen molar-refractivity contribution in [1.29, 1.82) is 0 Å². The molecule has 0 amide bonds. The molecule has 4 heterocycles. The Hall–Kier alpha value is -2.63. The molecule has 0 aliphatic carbocycles. The molecule has 4 aromatic rings. The quantitative estimate of drug-likeness (QED) is 0.522. The van der Waals surface area contributed by atoms with Gasteiger partial charge in [0.2, 0.25) is 0 Å². The first-order valence-electron chi connectivity index (χ1n) is 7.25. The van der Waals surface area contributed by atoms with Crippen LogP contribution in [-0.4, -0.2) is 19.9 Å². The van der Waals surface area contributed by atoms with Crippen LogP contribution in [0.1, 0.15) is 0 Å². The van der Waals surface area contributed by atoms with Crippen LogP contribution in [0.15, 0.2) is 67.3 Å². The zero-order valence-corrected chi connectivity index (χ0v) is 14.0. The van der Waals surface area contributed by atoms with Crippen LogP contribution < -0.4 is 0 Å².